The van der Waals surface area contributed by atoms with Crippen LogP contribution in [0.5, 0.6) is 0 Å². The summed E-state index contributed by atoms with van der Waals surface area (Å²) in [6, 6.07) is 6.74. The van der Waals surface area contributed by atoms with E-state index < -0.39 is 0 Å². The number of piperidine rings is 1. The van der Waals surface area contributed by atoms with E-state index in [-0.39, 0.29) is 53.1 Å². The molecule has 2 saturated heterocycles. The van der Waals surface area contributed by atoms with Crippen LogP contribution in [0.25, 0.3) is 0 Å². The third-order valence-corrected chi connectivity index (χ3v) is 9.51. The molecule has 3 unspecified atom stereocenters. The Labute approximate surface area is 200 Å². The van der Waals surface area contributed by atoms with Crippen LogP contribution in [0.15, 0.2) is 24.3 Å². The van der Waals surface area contributed by atoms with E-state index in [1.165, 1.54) is 6.07 Å². The minimum atomic E-state index is -0.310. The Morgan fingerprint density at radius 3 is 2.56 bits per heavy atom. The van der Waals surface area contributed by atoms with E-state index in [0.717, 1.165) is 63.5 Å². The monoisotopic (exact) mass is 469 g/mol. The molecule has 2 aliphatic heterocycles. The van der Waals surface area contributed by atoms with Crippen LogP contribution in [-0.4, -0.2) is 65.2 Å². The fraction of sp³-hybridized carbons (Fsp3) is 0.704. The van der Waals surface area contributed by atoms with Gasteiger partial charge in [-0.1, -0.05) is 12.1 Å². The summed E-state index contributed by atoms with van der Waals surface area (Å²) < 4.78 is 13.6. The summed E-state index contributed by atoms with van der Waals surface area (Å²) in [5, 5.41) is 13.9. The minimum absolute atomic E-state index is 0.00949. The molecule has 6 fully saturated rings. The Hall–Kier alpha value is -2.15. The normalized spacial score (nSPS) is 38.9. The fourth-order valence-corrected chi connectivity index (χ4v) is 8.05. The molecular weight excluding hydrogens is 433 g/mol. The summed E-state index contributed by atoms with van der Waals surface area (Å²) in [5.74, 6) is 1.24. The van der Waals surface area contributed by atoms with Crippen molar-refractivity contribution in [2.24, 2.45) is 23.2 Å². The second kappa shape index (κ2) is 8.51. The number of hydrogen-bond acceptors (Lipinski definition) is 3. The summed E-state index contributed by atoms with van der Waals surface area (Å²) in [4.78, 5) is 30.5. The van der Waals surface area contributed by atoms with Crippen molar-refractivity contribution in [2.75, 3.05) is 26.2 Å². The van der Waals surface area contributed by atoms with Crippen LogP contribution in [0.2, 0.25) is 0 Å². The first-order valence-electron chi connectivity index (χ1n) is 13.2. The molecule has 6 nitrogen and oxygen atoms in total. The highest BCUT2D eigenvalue weighted by molar-refractivity contribution is 5.83. The summed E-state index contributed by atoms with van der Waals surface area (Å²) in [5.41, 5.74) is 0.648. The smallest absolute Gasteiger partial charge is 0.320 e. The Morgan fingerprint density at radius 2 is 1.79 bits per heavy atom. The number of urea groups is 1. The van der Waals surface area contributed by atoms with Crippen molar-refractivity contribution in [3.8, 4) is 0 Å². The molecule has 0 aromatic heterocycles. The van der Waals surface area contributed by atoms with Crippen molar-refractivity contribution in [1.82, 2.24) is 15.1 Å². The van der Waals surface area contributed by atoms with Gasteiger partial charge in [-0.2, -0.15) is 0 Å². The Kier molecular flexibility index (Phi) is 5.58. The second-order valence-electron chi connectivity index (χ2n) is 11.8. The van der Waals surface area contributed by atoms with Crippen LogP contribution in [0, 0.1) is 29.0 Å². The molecule has 7 rings (SSSR count). The van der Waals surface area contributed by atoms with E-state index in [1.54, 1.807) is 12.1 Å². The van der Waals surface area contributed by atoms with Crippen molar-refractivity contribution in [3.63, 3.8) is 0 Å². The number of carbonyl (C=O) groups excluding carboxylic acids is 2. The van der Waals surface area contributed by atoms with Gasteiger partial charge in [0.1, 0.15) is 5.82 Å². The number of halogens is 1. The van der Waals surface area contributed by atoms with Gasteiger partial charge in [-0.15, -0.1) is 0 Å². The first-order chi connectivity index (χ1) is 16.4. The summed E-state index contributed by atoms with van der Waals surface area (Å²) in [6.07, 6.45) is 7.15. The van der Waals surface area contributed by atoms with E-state index in [1.807, 2.05) is 15.9 Å². The second-order valence-corrected chi connectivity index (χ2v) is 11.8. The maximum atomic E-state index is 13.6. The molecule has 6 aliphatic rings. The van der Waals surface area contributed by atoms with Crippen LogP contribution in [0.1, 0.15) is 62.8 Å². The molecule has 2 N–H and O–H groups in total. The van der Waals surface area contributed by atoms with Gasteiger partial charge in [0.2, 0.25) is 5.91 Å². The number of nitrogens with zero attached hydrogens (tertiary/aromatic N) is 2. The molecule has 3 amide bonds. The van der Waals surface area contributed by atoms with E-state index in [0.29, 0.717) is 25.6 Å². The molecule has 0 spiro atoms. The largest absolute Gasteiger partial charge is 0.393 e. The number of nitrogens with one attached hydrogen (secondary N) is 1. The maximum Gasteiger partial charge on any atom is 0.320 e. The summed E-state index contributed by atoms with van der Waals surface area (Å²) >= 11 is 0. The van der Waals surface area contributed by atoms with Crippen LogP contribution in [0.3, 0.4) is 0 Å². The number of aliphatic hydroxyl groups is 1. The Morgan fingerprint density at radius 1 is 1.03 bits per heavy atom. The zero-order valence-electron chi connectivity index (χ0n) is 19.8. The van der Waals surface area contributed by atoms with Gasteiger partial charge in [-0.3, -0.25) is 4.79 Å². The predicted molar refractivity (Wildman–Crippen MR) is 125 cm³/mol. The number of aliphatic hydroxyl groups excluding tert-OH is 1. The predicted octanol–water partition coefficient (Wildman–Crippen LogP) is 3.50. The third-order valence-electron chi connectivity index (χ3n) is 9.51. The molecule has 2 heterocycles. The number of hydrogen-bond donors (Lipinski definition) is 2. The minimum Gasteiger partial charge on any atom is -0.393 e. The molecule has 4 bridgehead atoms. The van der Waals surface area contributed by atoms with Gasteiger partial charge in [0.15, 0.2) is 0 Å². The van der Waals surface area contributed by atoms with Crippen molar-refractivity contribution >= 4 is 11.9 Å². The average molecular weight is 470 g/mol. The average Bonchev–Trinajstić information content (AvgIpc) is 3.32. The third kappa shape index (κ3) is 3.90. The van der Waals surface area contributed by atoms with E-state index >= 15 is 0 Å². The highest BCUT2D eigenvalue weighted by Crippen LogP contribution is 2.60. The van der Waals surface area contributed by atoms with Crippen molar-refractivity contribution < 1.29 is 19.1 Å². The van der Waals surface area contributed by atoms with Crippen LogP contribution in [0.4, 0.5) is 9.18 Å². The van der Waals surface area contributed by atoms with Crippen molar-refractivity contribution in [2.45, 2.75) is 69.4 Å². The van der Waals surface area contributed by atoms with Gasteiger partial charge in [-0.05, 0) is 86.8 Å². The van der Waals surface area contributed by atoms with Gasteiger partial charge in [0.05, 0.1) is 11.5 Å². The Bertz CT molecular complexity index is 954. The lowest BCUT2D eigenvalue weighted by molar-refractivity contribution is -0.163. The quantitative estimate of drug-likeness (QED) is 0.712. The topological polar surface area (TPSA) is 72.9 Å². The Balaban J connectivity index is 1.06. The number of likely N-dealkylation sites (tertiary alicyclic amines) is 2. The number of rotatable bonds is 3. The number of benzene rings is 1. The van der Waals surface area contributed by atoms with E-state index in [4.69, 9.17) is 0 Å². The molecule has 0 radical (unpaired) electrons. The van der Waals surface area contributed by atoms with Crippen LogP contribution < -0.4 is 5.32 Å². The summed E-state index contributed by atoms with van der Waals surface area (Å²) in [6.45, 7) is 2.57. The number of amides is 3. The zero-order chi connectivity index (χ0) is 23.4. The molecule has 7 heteroatoms. The zero-order valence-corrected chi connectivity index (χ0v) is 19.8. The highest BCUT2D eigenvalue weighted by Gasteiger charge is 2.58. The molecule has 4 aliphatic carbocycles. The van der Waals surface area contributed by atoms with E-state index in [9.17, 15) is 19.1 Å². The number of carbonyl (C=O) groups is 2. The van der Waals surface area contributed by atoms with Crippen molar-refractivity contribution in [3.05, 3.63) is 35.6 Å². The standard InChI is InChI=1S/C27H36FN3O3/c28-22-4-1-3-18(11-22)19-6-8-31(15-19)26(34)30-7-2-5-23(16-30)29-25(33)27-12-17-9-20(13-27)24(32)21(10-17)14-27/h1,3-4,11,17,19-21,23-24,32H,2,5-10,12-16H2,(H,29,33)/t17?,19?,20?,21?,23-,24?,27?/m0/s1. The van der Waals surface area contributed by atoms with Crippen LogP contribution >= 0.6 is 0 Å². The molecule has 1 aromatic rings. The van der Waals surface area contributed by atoms with Crippen LogP contribution in [-0.2, 0) is 4.79 Å². The van der Waals surface area contributed by atoms with Crippen molar-refractivity contribution in [1.29, 1.82) is 0 Å². The molecule has 1 aromatic carbocycles. The first-order valence-corrected chi connectivity index (χ1v) is 13.2. The lowest BCUT2D eigenvalue weighted by atomic mass is 9.48. The van der Waals surface area contributed by atoms with Gasteiger partial charge >= 0.3 is 6.03 Å². The fourth-order valence-electron chi connectivity index (χ4n) is 8.05. The highest BCUT2D eigenvalue weighted by atomic mass is 19.1. The maximum absolute atomic E-state index is 13.6. The van der Waals surface area contributed by atoms with Gasteiger partial charge in [0, 0.05) is 38.1 Å². The van der Waals surface area contributed by atoms with Gasteiger partial charge < -0.3 is 20.2 Å². The molecule has 34 heavy (non-hydrogen) atoms. The first kappa shape index (κ1) is 22.3. The molecule has 4 atom stereocenters. The summed E-state index contributed by atoms with van der Waals surface area (Å²) in [7, 11) is 0. The molecule has 4 saturated carbocycles. The molecule has 184 valence electrons. The van der Waals surface area contributed by atoms with E-state index in [2.05, 4.69) is 5.32 Å². The van der Waals surface area contributed by atoms with Gasteiger partial charge in [0.25, 0.3) is 0 Å². The van der Waals surface area contributed by atoms with Gasteiger partial charge in [-0.25, -0.2) is 9.18 Å². The molecular formula is C27H36FN3O3. The lowest BCUT2D eigenvalue weighted by Gasteiger charge is -2.58. The lowest BCUT2D eigenvalue weighted by Crippen LogP contribution is -2.61. The SMILES string of the molecule is O=C(N1CCC(c2cccc(F)c2)C1)N1CCC[C@H](NC(=O)C23CC4CC(C2)C(O)C(C4)C3)C1.